The summed E-state index contributed by atoms with van der Waals surface area (Å²) < 4.78 is 2.28. The first-order chi connectivity index (χ1) is 14.7. The van der Waals surface area contributed by atoms with Crippen LogP contribution < -0.4 is 15.5 Å². The Kier molecular flexibility index (Phi) is 4.39. The molecule has 30 heavy (non-hydrogen) atoms. The van der Waals surface area contributed by atoms with Crippen LogP contribution in [0.1, 0.15) is 17.3 Å². The van der Waals surface area contributed by atoms with Crippen molar-refractivity contribution in [3.05, 3.63) is 72.3 Å². The van der Waals surface area contributed by atoms with Crippen LogP contribution in [0.2, 0.25) is 0 Å². The van der Waals surface area contributed by atoms with Crippen LogP contribution in [0.15, 0.2) is 66.7 Å². The Balaban J connectivity index is 1.42. The van der Waals surface area contributed by atoms with Crippen LogP contribution >= 0.6 is 0 Å². The summed E-state index contributed by atoms with van der Waals surface area (Å²) in [5.41, 5.74) is 4.45. The lowest BCUT2D eigenvalue weighted by atomic mass is 10.1. The second-order valence-electron chi connectivity index (χ2n) is 7.38. The van der Waals surface area contributed by atoms with E-state index in [0.29, 0.717) is 18.7 Å². The van der Waals surface area contributed by atoms with E-state index in [9.17, 15) is 9.59 Å². The van der Waals surface area contributed by atoms with E-state index in [2.05, 4.69) is 40.3 Å². The number of hydrogen-bond acceptors (Lipinski definition) is 2. The highest BCUT2D eigenvalue weighted by Crippen LogP contribution is 2.31. The molecule has 1 fully saturated rings. The second kappa shape index (κ2) is 7.22. The zero-order valence-electron chi connectivity index (χ0n) is 16.7. The summed E-state index contributed by atoms with van der Waals surface area (Å²) in [5, 5.41) is 8.08. The number of benzene rings is 3. The highest BCUT2D eigenvalue weighted by Gasteiger charge is 2.21. The smallest absolute Gasteiger partial charge is 0.321 e. The quantitative estimate of drug-likeness (QED) is 0.528. The second-order valence-corrected chi connectivity index (χ2v) is 7.38. The average molecular weight is 398 g/mol. The van der Waals surface area contributed by atoms with Crippen molar-refractivity contribution in [2.75, 3.05) is 23.3 Å². The Hall–Kier alpha value is -3.80. The van der Waals surface area contributed by atoms with Crippen molar-refractivity contribution in [2.45, 2.75) is 13.5 Å². The highest BCUT2D eigenvalue weighted by molar-refractivity contribution is 6.11. The van der Waals surface area contributed by atoms with Crippen molar-refractivity contribution >= 4 is 45.1 Å². The first kappa shape index (κ1) is 18.2. The van der Waals surface area contributed by atoms with Crippen molar-refractivity contribution in [3.8, 4) is 0 Å². The van der Waals surface area contributed by atoms with Gasteiger partial charge >= 0.3 is 6.03 Å². The van der Waals surface area contributed by atoms with E-state index in [1.807, 2.05) is 24.3 Å². The van der Waals surface area contributed by atoms with Crippen molar-refractivity contribution in [3.63, 3.8) is 0 Å². The fraction of sp³-hybridized carbons (Fsp3) is 0.167. The summed E-state index contributed by atoms with van der Waals surface area (Å²) in [7, 11) is 0. The summed E-state index contributed by atoms with van der Waals surface area (Å²) in [6.45, 7) is 4.29. The van der Waals surface area contributed by atoms with Crippen molar-refractivity contribution in [1.82, 2.24) is 9.88 Å². The molecule has 0 bridgehead atoms. The van der Waals surface area contributed by atoms with E-state index in [4.69, 9.17) is 0 Å². The van der Waals surface area contributed by atoms with Gasteiger partial charge in [-0.05, 0) is 55.5 Å². The molecule has 2 N–H and O–H groups in total. The largest absolute Gasteiger partial charge is 0.341 e. The maximum atomic E-state index is 12.8. The number of urea groups is 1. The zero-order valence-corrected chi connectivity index (χ0v) is 16.7. The number of para-hydroxylation sites is 1. The van der Waals surface area contributed by atoms with E-state index in [1.165, 1.54) is 10.9 Å². The maximum absolute atomic E-state index is 12.8. The van der Waals surface area contributed by atoms with Gasteiger partial charge in [0.25, 0.3) is 5.91 Å². The lowest BCUT2D eigenvalue weighted by Crippen LogP contribution is -2.27. The number of rotatable bonds is 4. The normalized spacial score (nSPS) is 13.8. The Morgan fingerprint density at radius 3 is 2.50 bits per heavy atom. The zero-order chi connectivity index (χ0) is 20.7. The van der Waals surface area contributed by atoms with Crippen LogP contribution in [-0.4, -0.2) is 29.6 Å². The fourth-order valence-electron chi connectivity index (χ4n) is 4.19. The van der Waals surface area contributed by atoms with Gasteiger partial charge < -0.3 is 15.2 Å². The van der Waals surface area contributed by atoms with E-state index >= 15 is 0 Å². The van der Waals surface area contributed by atoms with Crippen LogP contribution in [0, 0.1) is 0 Å². The third kappa shape index (κ3) is 2.97. The van der Waals surface area contributed by atoms with Gasteiger partial charge in [0.1, 0.15) is 0 Å². The molecular weight excluding hydrogens is 376 g/mol. The standard InChI is InChI=1S/C24H22N4O2/c1-2-27-21-6-4-3-5-19(21)20-15-17(9-12-22(20)27)26-23(29)16-7-10-18(11-8-16)28-14-13-25-24(28)30/h3-12,15H,2,13-14H2,1H3,(H,25,30)(H,26,29). The van der Waals surface area contributed by atoms with Gasteiger partial charge in [0.05, 0.1) is 0 Å². The molecular formula is C24H22N4O2. The summed E-state index contributed by atoms with van der Waals surface area (Å²) in [6.07, 6.45) is 0. The molecule has 0 saturated carbocycles. The Morgan fingerprint density at radius 2 is 1.77 bits per heavy atom. The van der Waals surface area contributed by atoms with Crippen molar-refractivity contribution < 1.29 is 9.59 Å². The first-order valence-electron chi connectivity index (χ1n) is 10.1. The number of carbonyl (C=O) groups excluding carboxylic acids is 2. The molecule has 0 radical (unpaired) electrons. The third-order valence-corrected chi connectivity index (χ3v) is 5.64. The molecule has 0 spiro atoms. The summed E-state index contributed by atoms with van der Waals surface area (Å²) in [5.74, 6) is -0.175. The minimum atomic E-state index is -0.175. The molecule has 150 valence electrons. The number of hydrogen-bond donors (Lipinski definition) is 2. The number of aromatic nitrogens is 1. The van der Waals surface area contributed by atoms with Gasteiger partial charge in [-0.1, -0.05) is 18.2 Å². The molecule has 1 aliphatic heterocycles. The highest BCUT2D eigenvalue weighted by atomic mass is 16.2. The predicted molar refractivity (Wildman–Crippen MR) is 120 cm³/mol. The number of fused-ring (bicyclic) bond motifs is 3. The summed E-state index contributed by atoms with van der Waals surface area (Å²) >= 11 is 0. The maximum Gasteiger partial charge on any atom is 0.321 e. The molecule has 1 saturated heterocycles. The van der Waals surface area contributed by atoms with Crippen LogP contribution in [-0.2, 0) is 6.54 Å². The number of carbonyl (C=O) groups is 2. The Bertz CT molecular complexity index is 1270. The monoisotopic (exact) mass is 398 g/mol. The minimum Gasteiger partial charge on any atom is -0.341 e. The summed E-state index contributed by atoms with van der Waals surface area (Å²) in [6, 6.07) is 21.3. The fourth-order valence-corrected chi connectivity index (χ4v) is 4.19. The van der Waals surface area contributed by atoms with Gasteiger partial charge in [-0.15, -0.1) is 0 Å². The molecule has 2 heterocycles. The third-order valence-electron chi connectivity index (χ3n) is 5.64. The van der Waals surface area contributed by atoms with Gasteiger partial charge in [0.15, 0.2) is 0 Å². The number of aryl methyl sites for hydroxylation is 1. The molecule has 6 nitrogen and oxygen atoms in total. The molecule has 3 amide bonds. The Labute approximate surface area is 174 Å². The number of nitrogens with zero attached hydrogens (tertiary/aromatic N) is 2. The Morgan fingerprint density at radius 1 is 1.00 bits per heavy atom. The molecule has 0 aliphatic carbocycles. The van der Waals surface area contributed by atoms with Gasteiger partial charge in [-0.25, -0.2) is 4.79 Å². The number of nitrogens with one attached hydrogen (secondary N) is 2. The van der Waals surface area contributed by atoms with E-state index < -0.39 is 0 Å². The van der Waals surface area contributed by atoms with E-state index in [0.717, 1.165) is 28.8 Å². The van der Waals surface area contributed by atoms with Gasteiger partial charge in [0.2, 0.25) is 0 Å². The van der Waals surface area contributed by atoms with Gasteiger partial charge in [-0.3, -0.25) is 9.69 Å². The van der Waals surface area contributed by atoms with Gasteiger partial charge in [-0.2, -0.15) is 0 Å². The van der Waals surface area contributed by atoms with Crippen molar-refractivity contribution in [1.29, 1.82) is 0 Å². The first-order valence-corrected chi connectivity index (χ1v) is 10.1. The van der Waals surface area contributed by atoms with Crippen LogP contribution in [0.4, 0.5) is 16.2 Å². The van der Waals surface area contributed by atoms with E-state index in [1.54, 1.807) is 29.2 Å². The van der Waals surface area contributed by atoms with Crippen LogP contribution in [0.5, 0.6) is 0 Å². The number of anilines is 2. The molecule has 5 rings (SSSR count). The lowest BCUT2D eigenvalue weighted by Gasteiger charge is -2.14. The molecule has 6 heteroatoms. The molecule has 1 aromatic heterocycles. The van der Waals surface area contributed by atoms with Crippen molar-refractivity contribution in [2.24, 2.45) is 0 Å². The van der Waals surface area contributed by atoms with Crippen LogP contribution in [0.25, 0.3) is 21.8 Å². The molecule has 3 aromatic carbocycles. The van der Waals surface area contributed by atoms with E-state index in [-0.39, 0.29) is 11.9 Å². The SMILES string of the molecule is CCn1c2ccccc2c2cc(NC(=O)c3ccc(N4CCNC4=O)cc3)ccc21. The molecule has 0 atom stereocenters. The van der Waals surface area contributed by atoms with Gasteiger partial charge in [0, 0.05) is 58.4 Å². The molecule has 0 unspecified atom stereocenters. The minimum absolute atomic E-state index is 0.105. The number of amides is 3. The van der Waals surface area contributed by atoms with Crippen LogP contribution in [0.3, 0.4) is 0 Å². The lowest BCUT2D eigenvalue weighted by molar-refractivity contribution is 0.102. The summed E-state index contributed by atoms with van der Waals surface area (Å²) in [4.78, 5) is 26.2. The predicted octanol–water partition coefficient (Wildman–Crippen LogP) is 4.60. The topological polar surface area (TPSA) is 66.4 Å². The molecule has 1 aliphatic rings. The molecule has 4 aromatic rings. The average Bonchev–Trinajstić information content (AvgIpc) is 3.34.